The second-order valence-electron chi connectivity index (χ2n) is 7.30. The Balaban J connectivity index is 1.74. The van der Waals surface area contributed by atoms with Crippen molar-refractivity contribution in [1.82, 2.24) is 0 Å². The first kappa shape index (κ1) is 16.4. The first-order valence-corrected chi connectivity index (χ1v) is 9.09. The van der Waals surface area contributed by atoms with Gasteiger partial charge in [0.05, 0.1) is 11.4 Å². The predicted molar refractivity (Wildman–Crippen MR) is 95.8 cm³/mol. The van der Waals surface area contributed by atoms with Crippen molar-refractivity contribution in [2.75, 3.05) is 7.11 Å². The molecule has 22 heavy (non-hydrogen) atoms. The molecular formula is C18H24ClNOS. The maximum atomic E-state index is 5.91. The Bertz CT molecular complexity index is 571. The van der Waals surface area contributed by atoms with Crippen molar-refractivity contribution >= 4 is 29.8 Å². The van der Waals surface area contributed by atoms with Gasteiger partial charge in [-0.05, 0) is 53.8 Å². The Morgan fingerprint density at radius 2 is 1.95 bits per heavy atom. The Hall–Kier alpha value is -0.510. The molecular weight excluding hydrogens is 314 g/mol. The number of nitrogens with zero attached hydrogens (tertiary/aromatic N) is 1. The molecule has 4 atom stereocenters. The van der Waals surface area contributed by atoms with E-state index in [4.69, 9.17) is 16.3 Å². The van der Waals surface area contributed by atoms with Crippen LogP contribution in [0.15, 0.2) is 28.7 Å². The molecule has 1 aromatic carbocycles. The standard InChI is InChI=1S/C18H24ClNOS/c1-17(2)14-9-10-18(17,3)16(21-4)15(14)22-20-11-12-5-7-13(19)8-6-12/h5-8,11,14-16H,9-10H2,1-4H3/b20-11+/t14-,15?,16?,18+/m1/s1. The van der Waals surface area contributed by atoms with Gasteiger partial charge in [-0.1, -0.05) is 44.5 Å². The molecule has 2 fully saturated rings. The Kier molecular flexibility index (Phi) is 4.34. The molecule has 2 unspecified atom stereocenters. The lowest BCUT2D eigenvalue weighted by molar-refractivity contribution is -0.0176. The van der Waals surface area contributed by atoms with Gasteiger partial charge in [-0.3, -0.25) is 0 Å². The van der Waals surface area contributed by atoms with Gasteiger partial charge >= 0.3 is 0 Å². The van der Waals surface area contributed by atoms with E-state index in [1.165, 1.54) is 12.8 Å². The second-order valence-corrected chi connectivity index (χ2v) is 8.70. The molecule has 2 saturated carbocycles. The summed E-state index contributed by atoms with van der Waals surface area (Å²) in [6.45, 7) is 7.20. The van der Waals surface area contributed by atoms with E-state index >= 15 is 0 Å². The lowest BCUT2D eigenvalue weighted by atomic mass is 9.70. The van der Waals surface area contributed by atoms with Crippen LogP contribution in [-0.4, -0.2) is 24.7 Å². The fourth-order valence-electron chi connectivity index (χ4n) is 4.45. The SMILES string of the molecule is COC1C(S/N=C/c2ccc(Cl)cc2)[C@H]2CC[C@]1(C)C2(C)C. The van der Waals surface area contributed by atoms with E-state index in [1.807, 2.05) is 37.6 Å². The zero-order valence-corrected chi connectivity index (χ0v) is 15.2. The van der Waals surface area contributed by atoms with Crippen molar-refractivity contribution < 1.29 is 4.74 Å². The van der Waals surface area contributed by atoms with E-state index in [1.54, 1.807) is 11.9 Å². The lowest BCUT2D eigenvalue weighted by Crippen LogP contribution is -2.39. The molecule has 0 saturated heterocycles. The van der Waals surface area contributed by atoms with Gasteiger partial charge in [0.2, 0.25) is 0 Å². The van der Waals surface area contributed by atoms with Crippen molar-refractivity contribution in [3.8, 4) is 0 Å². The summed E-state index contributed by atoms with van der Waals surface area (Å²) in [6, 6.07) is 7.78. The Morgan fingerprint density at radius 3 is 2.59 bits per heavy atom. The molecule has 2 aliphatic carbocycles. The van der Waals surface area contributed by atoms with E-state index in [2.05, 4.69) is 25.2 Å². The van der Waals surface area contributed by atoms with Gasteiger partial charge in [0.1, 0.15) is 0 Å². The highest BCUT2D eigenvalue weighted by Crippen LogP contribution is 2.68. The number of methoxy groups -OCH3 is 1. The molecule has 0 aliphatic heterocycles. The molecule has 0 spiro atoms. The molecule has 2 nitrogen and oxygen atoms in total. The van der Waals surface area contributed by atoms with Crippen molar-refractivity contribution in [2.24, 2.45) is 21.1 Å². The van der Waals surface area contributed by atoms with E-state index in [0.29, 0.717) is 16.6 Å². The van der Waals surface area contributed by atoms with Crippen LogP contribution in [0.25, 0.3) is 0 Å². The maximum absolute atomic E-state index is 5.91. The average molecular weight is 338 g/mol. The highest BCUT2D eigenvalue weighted by molar-refractivity contribution is 7.98. The summed E-state index contributed by atoms with van der Waals surface area (Å²) in [5.41, 5.74) is 1.67. The van der Waals surface area contributed by atoms with Crippen LogP contribution in [0.5, 0.6) is 0 Å². The number of benzene rings is 1. The molecule has 2 aliphatic rings. The summed E-state index contributed by atoms with van der Waals surface area (Å²) in [6.07, 6.45) is 4.77. The van der Waals surface area contributed by atoms with Crippen LogP contribution in [0.4, 0.5) is 0 Å². The molecule has 0 N–H and O–H groups in total. The van der Waals surface area contributed by atoms with Crippen LogP contribution in [0.3, 0.4) is 0 Å². The van der Waals surface area contributed by atoms with Crippen molar-refractivity contribution in [3.63, 3.8) is 0 Å². The van der Waals surface area contributed by atoms with Crippen LogP contribution >= 0.6 is 23.5 Å². The zero-order valence-electron chi connectivity index (χ0n) is 13.7. The van der Waals surface area contributed by atoms with E-state index in [0.717, 1.165) is 10.6 Å². The molecule has 0 heterocycles. The van der Waals surface area contributed by atoms with Gasteiger partial charge in [0, 0.05) is 23.8 Å². The summed E-state index contributed by atoms with van der Waals surface area (Å²) in [5.74, 6) is 0.676. The topological polar surface area (TPSA) is 21.6 Å². The predicted octanol–water partition coefficient (Wildman–Crippen LogP) is 5.25. The quantitative estimate of drug-likeness (QED) is 0.553. The summed E-state index contributed by atoms with van der Waals surface area (Å²) in [5, 5.41) is 1.20. The summed E-state index contributed by atoms with van der Waals surface area (Å²) in [4.78, 5) is 0. The minimum atomic E-state index is 0.264. The van der Waals surface area contributed by atoms with Crippen LogP contribution < -0.4 is 0 Å². The van der Waals surface area contributed by atoms with Gasteiger partial charge < -0.3 is 4.74 Å². The summed E-state index contributed by atoms with van der Waals surface area (Å²) < 4.78 is 10.5. The fraction of sp³-hybridized carbons (Fsp3) is 0.611. The third-order valence-corrected chi connectivity index (χ3v) is 7.50. The van der Waals surface area contributed by atoms with Crippen LogP contribution in [0.2, 0.25) is 5.02 Å². The van der Waals surface area contributed by atoms with Crippen LogP contribution in [0, 0.1) is 16.7 Å². The molecule has 3 rings (SSSR count). The zero-order chi connectivity index (χ0) is 16.0. The van der Waals surface area contributed by atoms with Gasteiger partial charge in [0.25, 0.3) is 0 Å². The van der Waals surface area contributed by atoms with Crippen molar-refractivity contribution in [3.05, 3.63) is 34.9 Å². The monoisotopic (exact) mass is 337 g/mol. The third-order valence-electron chi connectivity index (χ3n) is 6.20. The largest absolute Gasteiger partial charge is 0.380 e. The third kappa shape index (κ3) is 2.42. The first-order valence-electron chi connectivity index (χ1n) is 7.88. The number of halogens is 1. The smallest absolute Gasteiger partial charge is 0.0769 e. The molecule has 2 bridgehead atoms. The minimum absolute atomic E-state index is 0.264. The van der Waals surface area contributed by atoms with Crippen molar-refractivity contribution in [1.29, 1.82) is 0 Å². The molecule has 0 radical (unpaired) electrons. The fourth-order valence-corrected chi connectivity index (χ4v) is 6.05. The Morgan fingerprint density at radius 1 is 1.27 bits per heavy atom. The van der Waals surface area contributed by atoms with Crippen LogP contribution in [0.1, 0.15) is 39.2 Å². The molecule has 1 aromatic rings. The first-order chi connectivity index (χ1) is 10.4. The van der Waals surface area contributed by atoms with E-state index in [9.17, 15) is 0 Å². The maximum Gasteiger partial charge on any atom is 0.0769 e. The normalized spacial score (nSPS) is 36.3. The Labute approximate surface area is 142 Å². The van der Waals surface area contributed by atoms with Gasteiger partial charge in [0.15, 0.2) is 0 Å². The van der Waals surface area contributed by atoms with Gasteiger partial charge in [-0.15, -0.1) is 0 Å². The van der Waals surface area contributed by atoms with E-state index in [-0.39, 0.29) is 11.5 Å². The molecule has 4 heteroatoms. The van der Waals surface area contributed by atoms with Crippen LogP contribution in [-0.2, 0) is 4.74 Å². The highest BCUT2D eigenvalue weighted by atomic mass is 35.5. The molecule has 0 aromatic heterocycles. The molecule has 120 valence electrons. The van der Waals surface area contributed by atoms with Crippen molar-refractivity contribution in [2.45, 2.75) is 45.0 Å². The van der Waals surface area contributed by atoms with E-state index < -0.39 is 0 Å². The van der Waals surface area contributed by atoms with Gasteiger partial charge in [-0.2, -0.15) is 0 Å². The minimum Gasteiger partial charge on any atom is -0.380 e. The number of hydrogen-bond donors (Lipinski definition) is 0. The molecule has 0 amide bonds. The second kappa shape index (κ2) is 5.85. The lowest BCUT2D eigenvalue weighted by Gasteiger charge is -2.38. The summed E-state index contributed by atoms with van der Waals surface area (Å²) >= 11 is 7.60. The summed E-state index contributed by atoms with van der Waals surface area (Å²) in [7, 11) is 1.85. The van der Waals surface area contributed by atoms with Gasteiger partial charge in [-0.25, -0.2) is 4.40 Å². The number of hydrogen-bond acceptors (Lipinski definition) is 3. The highest BCUT2D eigenvalue weighted by Gasteiger charge is 2.66. The number of ether oxygens (including phenoxy) is 1. The number of rotatable bonds is 4. The average Bonchev–Trinajstić information content (AvgIpc) is 2.80. The number of fused-ring (bicyclic) bond motifs is 2.